The molecule has 0 spiro atoms. The van der Waals surface area contributed by atoms with E-state index in [1.807, 2.05) is 44.2 Å². The molecule has 2 aromatic rings. The monoisotopic (exact) mass is 370 g/mol. The molecule has 21 heavy (non-hydrogen) atoms. The van der Waals surface area contributed by atoms with Crippen LogP contribution in [0.3, 0.4) is 0 Å². The average Bonchev–Trinajstić information content (AvgIpc) is 2.79. The molecule has 0 aliphatic rings. The fourth-order valence-corrected chi connectivity index (χ4v) is 3.07. The Bertz CT molecular complexity index is 628. The van der Waals surface area contributed by atoms with E-state index in [1.165, 1.54) is 0 Å². The number of hydrogen-bond donors (Lipinski definition) is 0. The number of aromatic nitrogens is 2. The van der Waals surface area contributed by atoms with Crippen molar-refractivity contribution < 1.29 is 9.53 Å². The van der Waals surface area contributed by atoms with Gasteiger partial charge in [0.1, 0.15) is 0 Å². The first-order chi connectivity index (χ1) is 10.1. The van der Waals surface area contributed by atoms with Crippen LogP contribution in [-0.4, -0.2) is 22.1 Å². The van der Waals surface area contributed by atoms with Crippen LogP contribution in [0.5, 0.6) is 0 Å². The molecule has 1 heterocycles. The van der Waals surface area contributed by atoms with Crippen molar-refractivity contribution >= 4 is 33.5 Å². The molecule has 0 bridgehead atoms. The molecule has 4 nitrogen and oxygen atoms in total. The van der Waals surface area contributed by atoms with Gasteiger partial charge in [0.25, 0.3) is 0 Å². The van der Waals surface area contributed by atoms with Crippen LogP contribution >= 0.6 is 27.5 Å². The highest BCUT2D eigenvalue weighted by Crippen LogP contribution is 2.29. The first kappa shape index (κ1) is 16.0. The molecule has 6 heteroatoms. The van der Waals surface area contributed by atoms with Crippen LogP contribution in [0.2, 0.25) is 5.15 Å². The lowest BCUT2D eigenvalue weighted by atomic mass is 10.1. The second-order valence-corrected chi connectivity index (χ2v) is 5.68. The van der Waals surface area contributed by atoms with Gasteiger partial charge >= 0.3 is 5.97 Å². The molecule has 0 unspecified atom stereocenters. The highest BCUT2D eigenvalue weighted by molar-refractivity contribution is 9.10. The molecular formula is C15H16BrClN2O2. The maximum atomic E-state index is 12.2. The number of hydrogen-bond acceptors (Lipinski definition) is 3. The fourth-order valence-electron chi connectivity index (χ4n) is 2.06. The van der Waals surface area contributed by atoms with Crippen LogP contribution in [0.1, 0.15) is 42.4 Å². The molecule has 0 radical (unpaired) electrons. The Balaban J connectivity index is 2.41. The molecule has 0 aliphatic heterocycles. The van der Waals surface area contributed by atoms with Gasteiger partial charge in [0.2, 0.25) is 0 Å². The Kier molecular flexibility index (Phi) is 5.42. The summed E-state index contributed by atoms with van der Waals surface area (Å²) in [5.74, 6) is -0.456. The Morgan fingerprint density at radius 3 is 2.71 bits per heavy atom. The van der Waals surface area contributed by atoms with Gasteiger partial charge in [0.15, 0.2) is 15.6 Å². The van der Waals surface area contributed by atoms with E-state index in [9.17, 15) is 4.79 Å². The molecule has 112 valence electrons. The average molecular weight is 372 g/mol. The highest BCUT2D eigenvalue weighted by Gasteiger charge is 2.25. The topological polar surface area (TPSA) is 44.1 Å². The molecular weight excluding hydrogens is 356 g/mol. The summed E-state index contributed by atoms with van der Waals surface area (Å²) in [4.78, 5) is 16.3. The van der Waals surface area contributed by atoms with E-state index in [1.54, 1.807) is 4.57 Å². The number of rotatable bonds is 5. The van der Waals surface area contributed by atoms with Crippen molar-refractivity contribution in [2.24, 2.45) is 0 Å². The van der Waals surface area contributed by atoms with Crippen molar-refractivity contribution in [2.75, 3.05) is 6.61 Å². The molecule has 0 aliphatic carbocycles. The van der Waals surface area contributed by atoms with Gasteiger partial charge in [0.05, 0.1) is 12.6 Å². The van der Waals surface area contributed by atoms with Gasteiger partial charge in [0, 0.05) is 0 Å². The third kappa shape index (κ3) is 3.47. The van der Waals surface area contributed by atoms with Crippen molar-refractivity contribution in [3.8, 4) is 0 Å². The minimum absolute atomic E-state index is 0.0928. The third-order valence-electron chi connectivity index (χ3n) is 3.13. The lowest BCUT2D eigenvalue weighted by Crippen LogP contribution is -2.17. The Hall–Kier alpha value is -1.33. The number of benzene rings is 1. The largest absolute Gasteiger partial charge is 0.461 e. The maximum absolute atomic E-state index is 12.2. The van der Waals surface area contributed by atoms with Crippen LogP contribution in [0.4, 0.5) is 0 Å². The summed E-state index contributed by atoms with van der Waals surface area (Å²) >= 11 is 9.45. The lowest BCUT2D eigenvalue weighted by Gasteiger charge is -2.17. The molecule has 0 saturated heterocycles. The van der Waals surface area contributed by atoms with E-state index in [2.05, 4.69) is 20.9 Å². The number of carbonyl (C=O) groups excluding carboxylic acids is 1. The van der Waals surface area contributed by atoms with E-state index in [0.717, 1.165) is 12.0 Å². The number of esters is 1. The smallest absolute Gasteiger partial charge is 0.358 e. The molecule has 0 fully saturated rings. The van der Waals surface area contributed by atoms with Gasteiger partial charge in [-0.2, -0.15) is 0 Å². The van der Waals surface area contributed by atoms with Gasteiger partial charge in [-0.15, -0.1) is 0 Å². The zero-order chi connectivity index (χ0) is 15.4. The summed E-state index contributed by atoms with van der Waals surface area (Å²) in [5.41, 5.74) is 1.32. The maximum Gasteiger partial charge on any atom is 0.358 e. The molecule has 0 saturated carbocycles. The van der Waals surface area contributed by atoms with E-state index in [0.29, 0.717) is 11.3 Å². The quantitative estimate of drug-likeness (QED) is 0.728. The minimum Gasteiger partial charge on any atom is -0.461 e. The summed E-state index contributed by atoms with van der Waals surface area (Å²) in [7, 11) is 0. The molecule has 1 atom stereocenters. The molecule has 1 aromatic carbocycles. The van der Waals surface area contributed by atoms with Crippen LogP contribution in [0.15, 0.2) is 35.1 Å². The standard InChI is InChI=1S/C15H16BrClN2O2/c1-3-9-21-14(20)12-13(17)18-15(16)19(12)10(2)11-7-5-4-6-8-11/h4-8,10H,3,9H2,1-2H3/t10-/m1/s1. The summed E-state index contributed by atoms with van der Waals surface area (Å²) in [6, 6.07) is 9.74. The zero-order valence-corrected chi connectivity index (χ0v) is 14.2. The minimum atomic E-state index is -0.456. The van der Waals surface area contributed by atoms with Crippen molar-refractivity contribution in [2.45, 2.75) is 26.3 Å². The zero-order valence-electron chi connectivity index (χ0n) is 11.8. The first-order valence-electron chi connectivity index (χ1n) is 6.71. The number of carbonyl (C=O) groups is 1. The Labute approximate surface area is 137 Å². The summed E-state index contributed by atoms with van der Waals surface area (Å²) in [5, 5.41) is 0.144. The Morgan fingerprint density at radius 1 is 1.43 bits per heavy atom. The first-order valence-corrected chi connectivity index (χ1v) is 7.88. The van der Waals surface area contributed by atoms with E-state index >= 15 is 0 Å². The second kappa shape index (κ2) is 7.09. The van der Waals surface area contributed by atoms with E-state index in [-0.39, 0.29) is 16.9 Å². The van der Waals surface area contributed by atoms with Gasteiger partial charge in [-0.3, -0.25) is 0 Å². The van der Waals surface area contributed by atoms with Crippen LogP contribution in [0, 0.1) is 0 Å². The molecule has 2 rings (SSSR count). The molecule has 0 N–H and O–H groups in total. The van der Waals surface area contributed by atoms with E-state index in [4.69, 9.17) is 16.3 Å². The normalized spacial score (nSPS) is 12.2. The van der Waals surface area contributed by atoms with Crippen molar-refractivity contribution in [3.05, 3.63) is 51.5 Å². The summed E-state index contributed by atoms with van der Waals surface area (Å²) in [6.45, 7) is 4.28. The predicted octanol–water partition coefficient (Wildman–Crippen LogP) is 4.48. The van der Waals surface area contributed by atoms with Crippen molar-refractivity contribution in [1.29, 1.82) is 0 Å². The van der Waals surface area contributed by atoms with Crippen LogP contribution < -0.4 is 0 Å². The SMILES string of the molecule is CCCOC(=O)c1c(Cl)nc(Br)n1[C@H](C)c1ccccc1. The number of ether oxygens (including phenoxy) is 1. The van der Waals surface area contributed by atoms with Gasteiger partial charge < -0.3 is 9.30 Å². The van der Waals surface area contributed by atoms with Gasteiger partial charge in [-0.1, -0.05) is 48.9 Å². The Morgan fingerprint density at radius 2 is 2.10 bits per heavy atom. The van der Waals surface area contributed by atoms with Crippen molar-refractivity contribution in [1.82, 2.24) is 9.55 Å². The van der Waals surface area contributed by atoms with Crippen LogP contribution in [0.25, 0.3) is 0 Å². The number of imidazole rings is 1. The third-order valence-corrected chi connectivity index (χ3v) is 3.95. The van der Waals surface area contributed by atoms with E-state index < -0.39 is 5.97 Å². The summed E-state index contributed by atoms with van der Waals surface area (Å²) < 4.78 is 7.45. The number of halogens is 2. The van der Waals surface area contributed by atoms with Gasteiger partial charge in [-0.05, 0) is 34.8 Å². The van der Waals surface area contributed by atoms with Gasteiger partial charge in [-0.25, -0.2) is 9.78 Å². The fraction of sp³-hybridized carbons (Fsp3) is 0.333. The second-order valence-electron chi connectivity index (χ2n) is 4.61. The predicted molar refractivity (Wildman–Crippen MR) is 85.8 cm³/mol. The number of nitrogens with zero attached hydrogens (tertiary/aromatic N) is 2. The summed E-state index contributed by atoms with van der Waals surface area (Å²) in [6.07, 6.45) is 0.757. The van der Waals surface area contributed by atoms with Crippen LogP contribution in [-0.2, 0) is 4.74 Å². The van der Waals surface area contributed by atoms with Crippen molar-refractivity contribution in [3.63, 3.8) is 0 Å². The molecule has 1 aromatic heterocycles. The lowest BCUT2D eigenvalue weighted by molar-refractivity contribution is 0.0491. The highest BCUT2D eigenvalue weighted by atomic mass is 79.9. The molecule has 0 amide bonds.